The van der Waals surface area contributed by atoms with Crippen LogP contribution >= 0.6 is 0 Å². The number of esters is 3. The van der Waals surface area contributed by atoms with Crippen LogP contribution < -0.4 is 0 Å². The molecule has 0 aliphatic carbocycles. The number of allylic oxidation sites excluding steroid dienone is 20. The summed E-state index contributed by atoms with van der Waals surface area (Å²) in [6.07, 6.45) is 86.6. The maximum Gasteiger partial charge on any atom is 0.306 e. The largest absolute Gasteiger partial charge is 0.462 e. The van der Waals surface area contributed by atoms with Crippen LogP contribution in [-0.4, -0.2) is 37.2 Å². The van der Waals surface area contributed by atoms with Crippen LogP contribution in [0.15, 0.2) is 122 Å². The van der Waals surface area contributed by atoms with E-state index in [1.165, 1.54) is 103 Å². The van der Waals surface area contributed by atoms with Crippen LogP contribution in [0, 0.1) is 0 Å². The van der Waals surface area contributed by atoms with E-state index in [4.69, 9.17) is 14.2 Å². The van der Waals surface area contributed by atoms with E-state index >= 15 is 0 Å². The molecule has 0 saturated heterocycles. The SMILES string of the molecule is CC/C=C\C/C=C\C/C=C\C/C=C\C/C=C\C/C=C\CCCCCCCCCCCCCCCCC(=O)OCC(COC(=O)CCCCCCCCC)OC(=O)CCCCCC/C=C\C/C=C\C/C=C\C/C=C\CC. The Hall–Kier alpha value is -4.19. The zero-order valence-electron chi connectivity index (χ0n) is 48.8. The second-order valence-electron chi connectivity index (χ2n) is 20.2. The Morgan fingerprint density at radius 2 is 0.520 bits per heavy atom. The minimum atomic E-state index is -0.790. The molecule has 0 amide bonds. The lowest BCUT2D eigenvalue weighted by Crippen LogP contribution is -2.30. The number of hydrogen-bond donors (Lipinski definition) is 0. The van der Waals surface area contributed by atoms with Crippen LogP contribution in [0.5, 0.6) is 0 Å². The molecule has 0 spiro atoms. The first-order valence-electron chi connectivity index (χ1n) is 31.0. The molecule has 0 aliphatic heterocycles. The summed E-state index contributed by atoms with van der Waals surface area (Å²) in [5.41, 5.74) is 0. The van der Waals surface area contributed by atoms with Gasteiger partial charge in [0.25, 0.3) is 0 Å². The number of ether oxygens (including phenoxy) is 3. The van der Waals surface area contributed by atoms with E-state index in [1.54, 1.807) is 0 Å². The quantitative estimate of drug-likeness (QED) is 0.0261. The predicted octanol–water partition coefficient (Wildman–Crippen LogP) is 21.2. The lowest BCUT2D eigenvalue weighted by Gasteiger charge is -2.18. The fourth-order valence-electron chi connectivity index (χ4n) is 8.38. The second kappa shape index (κ2) is 62.4. The van der Waals surface area contributed by atoms with Crippen molar-refractivity contribution in [1.29, 1.82) is 0 Å². The van der Waals surface area contributed by atoms with Crippen molar-refractivity contribution in [2.75, 3.05) is 13.2 Å². The monoisotopic (exact) mass is 1040 g/mol. The molecule has 6 nitrogen and oxygen atoms in total. The Bertz CT molecular complexity index is 1570. The third-order valence-corrected chi connectivity index (χ3v) is 13.0. The van der Waals surface area contributed by atoms with Gasteiger partial charge in [-0.1, -0.05) is 271 Å². The molecule has 0 radical (unpaired) electrons. The Balaban J connectivity index is 4.10. The number of rotatable bonds is 55. The highest BCUT2D eigenvalue weighted by molar-refractivity contribution is 5.71. The standard InChI is InChI=1S/C69H114O6/c1-4-7-10-13-16-18-20-22-24-26-27-28-29-30-31-32-33-34-35-36-37-38-39-40-41-43-44-46-48-50-53-56-59-62-68(71)74-65-66(64-73-67(70)61-58-55-52-15-12-9-6-3)75-69(72)63-60-57-54-51-49-47-45-42-25-23-21-19-17-14-11-8-5-2/h7-8,10-11,16-19,22-25,27-28,30-31,33-34,45,47,66H,4-6,9,12-15,20-21,26,29,32,35-44,46,48-65H2,1-3H3/b10-7-,11-8-,18-16-,19-17-,24-22-,25-23-,28-27-,31-30-,34-33-,47-45-. The fraction of sp³-hybridized carbons (Fsp3) is 0.667. The molecular weight excluding hydrogens is 925 g/mol. The van der Waals surface area contributed by atoms with E-state index in [-0.39, 0.29) is 31.1 Å². The summed E-state index contributed by atoms with van der Waals surface area (Å²) in [5.74, 6) is -0.917. The summed E-state index contributed by atoms with van der Waals surface area (Å²) in [7, 11) is 0. The summed E-state index contributed by atoms with van der Waals surface area (Å²) < 4.78 is 16.8. The molecule has 0 aromatic carbocycles. The topological polar surface area (TPSA) is 78.9 Å². The summed E-state index contributed by atoms with van der Waals surface area (Å²) in [4.78, 5) is 38.0. The highest BCUT2D eigenvalue weighted by Gasteiger charge is 2.19. The average molecular weight is 1040 g/mol. The molecule has 0 saturated carbocycles. The zero-order valence-corrected chi connectivity index (χ0v) is 48.8. The minimum absolute atomic E-state index is 0.0878. The smallest absolute Gasteiger partial charge is 0.306 e. The molecule has 0 N–H and O–H groups in total. The van der Waals surface area contributed by atoms with Gasteiger partial charge < -0.3 is 14.2 Å². The summed E-state index contributed by atoms with van der Waals surface area (Å²) >= 11 is 0. The fourth-order valence-corrected chi connectivity index (χ4v) is 8.38. The molecule has 0 bridgehead atoms. The third-order valence-electron chi connectivity index (χ3n) is 13.0. The average Bonchev–Trinajstić information content (AvgIpc) is 3.41. The van der Waals surface area contributed by atoms with Gasteiger partial charge in [-0.25, -0.2) is 0 Å². The normalized spacial score (nSPS) is 12.9. The lowest BCUT2D eigenvalue weighted by atomic mass is 10.0. The maximum atomic E-state index is 12.8. The van der Waals surface area contributed by atoms with Crippen molar-refractivity contribution in [1.82, 2.24) is 0 Å². The Morgan fingerprint density at radius 3 is 0.813 bits per heavy atom. The molecule has 426 valence electrons. The molecule has 75 heavy (non-hydrogen) atoms. The van der Waals surface area contributed by atoms with E-state index in [0.717, 1.165) is 135 Å². The van der Waals surface area contributed by atoms with Crippen LogP contribution in [0.1, 0.15) is 278 Å². The Morgan fingerprint density at radius 1 is 0.280 bits per heavy atom. The van der Waals surface area contributed by atoms with Crippen molar-refractivity contribution in [3.8, 4) is 0 Å². The van der Waals surface area contributed by atoms with Crippen LogP contribution in [0.2, 0.25) is 0 Å². The van der Waals surface area contributed by atoms with Gasteiger partial charge in [0.15, 0.2) is 6.10 Å². The summed E-state index contributed by atoms with van der Waals surface area (Å²) in [6, 6.07) is 0. The van der Waals surface area contributed by atoms with Crippen molar-refractivity contribution in [2.45, 2.75) is 284 Å². The van der Waals surface area contributed by atoms with E-state index in [0.29, 0.717) is 19.3 Å². The number of carbonyl (C=O) groups is 3. The van der Waals surface area contributed by atoms with Gasteiger partial charge in [0, 0.05) is 19.3 Å². The van der Waals surface area contributed by atoms with Crippen molar-refractivity contribution in [3.05, 3.63) is 122 Å². The van der Waals surface area contributed by atoms with E-state index < -0.39 is 6.10 Å². The molecular formula is C69H114O6. The maximum absolute atomic E-state index is 12.8. The van der Waals surface area contributed by atoms with Gasteiger partial charge in [-0.2, -0.15) is 0 Å². The van der Waals surface area contributed by atoms with Crippen LogP contribution in [0.4, 0.5) is 0 Å². The molecule has 0 rings (SSSR count). The molecule has 0 fully saturated rings. The minimum Gasteiger partial charge on any atom is -0.462 e. The third kappa shape index (κ3) is 60.6. The van der Waals surface area contributed by atoms with Gasteiger partial charge in [0.2, 0.25) is 0 Å². The first kappa shape index (κ1) is 70.8. The van der Waals surface area contributed by atoms with Gasteiger partial charge in [-0.15, -0.1) is 0 Å². The lowest BCUT2D eigenvalue weighted by molar-refractivity contribution is -0.167. The summed E-state index contributed by atoms with van der Waals surface area (Å²) in [5, 5.41) is 0. The van der Waals surface area contributed by atoms with Crippen LogP contribution in [-0.2, 0) is 28.6 Å². The van der Waals surface area contributed by atoms with E-state index in [2.05, 4.69) is 142 Å². The Labute approximate surface area is 462 Å². The predicted molar refractivity (Wildman–Crippen MR) is 325 cm³/mol. The van der Waals surface area contributed by atoms with E-state index in [9.17, 15) is 14.4 Å². The first-order chi connectivity index (χ1) is 37.0. The first-order valence-corrected chi connectivity index (χ1v) is 31.0. The van der Waals surface area contributed by atoms with Gasteiger partial charge in [-0.3, -0.25) is 14.4 Å². The Kier molecular flexibility index (Phi) is 58.9. The van der Waals surface area contributed by atoms with Crippen molar-refractivity contribution >= 4 is 17.9 Å². The van der Waals surface area contributed by atoms with Gasteiger partial charge >= 0.3 is 17.9 Å². The van der Waals surface area contributed by atoms with Crippen molar-refractivity contribution in [3.63, 3.8) is 0 Å². The zero-order chi connectivity index (χ0) is 54.3. The van der Waals surface area contributed by atoms with Crippen molar-refractivity contribution < 1.29 is 28.6 Å². The van der Waals surface area contributed by atoms with Crippen molar-refractivity contribution in [2.24, 2.45) is 0 Å². The number of unbranched alkanes of at least 4 members (excludes halogenated alkanes) is 24. The number of hydrogen-bond acceptors (Lipinski definition) is 6. The highest BCUT2D eigenvalue weighted by atomic mass is 16.6. The van der Waals surface area contributed by atoms with Crippen LogP contribution in [0.3, 0.4) is 0 Å². The second-order valence-corrected chi connectivity index (χ2v) is 20.2. The van der Waals surface area contributed by atoms with Gasteiger partial charge in [0.1, 0.15) is 13.2 Å². The van der Waals surface area contributed by atoms with E-state index in [1.807, 2.05) is 0 Å². The summed E-state index contributed by atoms with van der Waals surface area (Å²) in [6.45, 7) is 6.35. The molecule has 1 unspecified atom stereocenters. The molecule has 1 atom stereocenters. The molecule has 0 aliphatic rings. The van der Waals surface area contributed by atoms with Crippen LogP contribution in [0.25, 0.3) is 0 Å². The van der Waals surface area contributed by atoms with Gasteiger partial charge in [-0.05, 0) is 109 Å². The molecule has 0 aromatic heterocycles. The highest BCUT2D eigenvalue weighted by Crippen LogP contribution is 2.16. The van der Waals surface area contributed by atoms with Gasteiger partial charge in [0.05, 0.1) is 0 Å². The molecule has 0 aromatic rings. The molecule has 6 heteroatoms. The number of carbonyl (C=O) groups excluding carboxylic acids is 3. The molecule has 0 heterocycles.